The molecule has 0 aliphatic carbocycles. The van der Waals surface area contributed by atoms with Gasteiger partial charge in [-0.1, -0.05) is 6.07 Å². The van der Waals surface area contributed by atoms with Crippen molar-refractivity contribution in [2.75, 3.05) is 7.11 Å². The van der Waals surface area contributed by atoms with E-state index in [9.17, 15) is 10.1 Å². The van der Waals surface area contributed by atoms with Gasteiger partial charge < -0.3 is 24.2 Å². The van der Waals surface area contributed by atoms with Gasteiger partial charge >= 0.3 is 0 Å². The summed E-state index contributed by atoms with van der Waals surface area (Å²) in [5.74, 6) is 0.958. The Hall–Kier alpha value is -3.44. The lowest BCUT2D eigenvalue weighted by atomic mass is 9.84. The van der Waals surface area contributed by atoms with Crippen molar-refractivity contribution in [2.24, 2.45) is 5.73 Å². The largest absolute Gasteiger partial charge is 0.496 e. The molecule has 0 amide bonds. The van der Waals surface area contributed by atoms with Gasteiger partial charge in [0.1, 0.15) is 28.9 Å². The summed E-state index contributed by atoms with van der Waals surface area (Å²) in [7, 11) is 1.57. The number of nitrogens with two attached hydrogens (primary N) is 1. The van der Waals surface area contributed by atoms with E-state index >= 15 is 0 Å². The average Bonchev–Trinajstić information content (AvgIpc) is 3.23. The normalized spacial score (nSPS) is 15.3. The number of nitrogens with zero attached hydrogens (tertiary/aromatic N) is 2. The van der Waals surface area contributed by atoms with Crippen LogP contribution in [0.15, 0.2) is 67.8 Å². The fourth-order valence-electron chi connectivity index (χ4n) is 3.64. The zero-order valence-corrected chi connectivity index (χ0v) is 17.9. The summed E-state index contributed by atoms with van der Waals surface area (Å²) in [6, 6.07) is 12.8. The summed E-state index contributed by atoms with van der Waals surface area (Å²) in [6.07, 6.45) is 1.56. The van der Waals surface area contributed by atoms with Gasteiger partial charge in [-0.05, 0) is 52.7 Å². The van der Waals surface area contributed by atoms with E-state index in [2.05, 4.69) is 22.0 Å². The molecular formula is C22H18BrN3O4. The molecule has 4 rings (SSSR count). The Balaban J connectivity index is 1.94. The van der Waals surface area contributed by atoms with Crippen molar-refractivity contribution < 1.29 is 13.9 Å². The number of pyridine rings is 1. The van der Waals surface area contributed by atoms with Crippen molar-refractivity contribution in [3.8, 4) is 17.6 Å². The number of hydrogen-bond donors (Lipinski definition) is 1. The molecule has 0 bridgehead atoms. The van der Waals surface area contributed by atoms with Crippen molar-refractivity contribution >= 4 is 15.9 Å². The van der Waals surface area contributed by atoms with E-state index in [1.807, 2.05) is 19.1 Å². The number of furan rings is 1. The maximum Gasteiger partial charge on any atom is 0.259 e. The van der Waals surface area contributed by atoms with Gasteiger partial charge in [-0.3, -0.25) is 4.79 Å². The fraction of sp³-hybridized carbons (Fsp3) is 0.182. The first-order valence-electron chi connectivity index (χ1n) is 9.12. The molecule has 30 heavy (non-hydrogen) atoms. The third kappa shape index (κ3) is 3.27. The molecule has 1 aliphatic rings. The highest BCUT2D eigenvalue weighted by atomic mass is 79.9. The summed E-state index contributed by atoms with van der Waals surface area (Å²) < 4.78 is 18.7. The molecule has 152 valence electrons. The molecule has 3 heterocycles. The molecule has 1 aliphatic heterocycles. The SMILES string of the molecule is COc1ccc([C@H]2C(C#N)=C(N)Oc3cc(C)n(Cc4ccco4)c(=O)c32)cc1Br. The van der Waals surface area contributed by atoms with Crippen LogP contribution < -0.4 is 20.8 Å². The van der Waals surface area contributed by atoms with Crippen molar-refractivity contribution in [2.45, 2.75) is 19.4 Å². The summed E-state index contributed by atoms with van der Waals surface area (Å²) in [5, 5.41) is 9.78. The van der Waals surface area contributed by atoms with Crippen LogP contribution in [-0.4, -0.2) is 11.7 Å². The molecule has 1 aromatic carbocycles. The van der Waals surface area contributed by atoms with Gasteiger partial charge in [-0.15, -0.1) is 0 Å². The first kappa shape index (κ1) is 19.9. The highest BCUT2D eigenvalue weighted by Gasteiger charge is 2.34. The number of halogens is 1. The minimum Gasteiger partial charge on any atom is -0.496 e. The van der Waals surface area contributed by atoms with Gasteiger partial charge in [0.15, 0.2) is 0 Å². The van der Waals surface area contributed by atoms with Crippen LogP contribution in [0.4, 0.5) is 0 Å². The maximum atomic E-state index is 13.6. The monoisotopic (exact) mass is 467 g/mol. The van der Waals surface area contributed by atoms with E-state index in [-0.39, 0.29) is 23.6 Å². The molecule has 1 atom stereocenters. The topological polar surface area (TPSA) is 103 Å². The second-order valence-electron chi connectivity index (χ2n) is 6.85. The summed E-state index contributed by atoms with van der Waals surface area (Å²) in [5.41, 5.74) is 7.74. The van der Waals surface area contributed by atoms with Crippen molar-refractivity contribution in [1.29, 1.82) is 5.26 Å². The number of methoxy groups -OCH3 is 1. The smallest absolute Gasteiger partial charge is 0.259 e. The van der Waals surface area contributed by atoms with Crippen LogP contribution in [0.25, 0.3) is 0 Å². The number of hydrogen-bond acceptors (Lipinski definition) is 6. The van der Waals surface area contributed by atoms with Crippen molar-refractivity contribution in [1.82, 2.24) is 4.57 Å². The molecule has 2 aromatic heterocycles. The van der Waals surface area contributed by atoms with Crippen molar-refractivity contribution in [3.05, 3.63) is 91.5 Å². The summed E-state index contributed by atoms with van der Waals surface area (Å²) >= 11 is 3.47. The van der Waals surface area contributed by atoms with Gasteiger partial charge in [0.2, 0.25) is 5.88 Å². The third-order valence-corrected chi connectivity index (χ3v) is 5.71. The number of rotatable bonds is 4. The van der Waals surface area contributed by atoms with Gasteiger partial charge in [0.05, 0.1) is 35.9 Å². The third-order valence-electron chi connectivity index (χ3n) is 5.09. The van der Waals surface area contributed by atoms with Crippen LogP contribution in [-0.2, 0) is 6.54 Å². The molecule has 0 unspecified atom stereocenters. The summed E-state index contributed by atoms with van der Waals surface area (Å²) in [6.45, 7) is 2.08. The first-order valence-corrected chi connectivity index (χ1v) is 9.91. The number of allylic oxidation sites excluding steroid dienone is 1. The fourth-order valence-corrected chi connectivity index (χ4v) is 4.19. The molecule has 0 radical (unpaired) electrons. The Morgan fingerprint density at radius 1 is 1.33 bits per heavy atom. The van der Waals surface area contributed by atoms with E-state index in [4.69, 9.17) is 19.6 Å². The van der Waals surface area contributed by atoms with Crippen LogP contribution in [0.2, 0.25) is 0 Å². The minimum absolute atomic E-state index is 0.00970. The lowest BCUT2D eigenvalue weighted by molar-refractivity contribution is 0.387. The number of nitriles is 1. The number of benzene rings is 1. The molecule has 0 fully saturated rings. The maximum absolute atomic E-state index is 13.6. The molecule has 0 saturated carbocycles. The van der Waals surface area contributed by atoms with Crippen LogP contribution in [0.3, 0.4) is 0 Å². The number of fused-ring (bicyclic) bond motifs is 1. The lowest BCUT2D eigenvalue weighted by Crippen LogP contribution is -2.33. The lowest BCUT2D eigenvalue weighted by Gasteiger charge is -2.27. The zero-order chi connectivity index (χ0) is 21.4. The Bertz CT molecular complexity index is 1250. The molecule has 7 nitrogen and oxygen atoms in total. The first-order chi connectivity index (χ1) is 14.4. The van der Waals surface area contributed by atoms with Crippen molar-refractivity contribution in [3.63, 3.8) is 0 Å². The molecule has 0 spiro atoms. The van der Waals surface area contributed by atoms with Crippen LogP contribution in [0, 0.1) is 18.3 Å². The van der Waals surface area contributed by atoms with E-state index < -0.39 is 5.92 Å². The van der Waals surface area contributed by atoms with Crippen LogP contribution >= 0.6 is 15.9 Å². The predicted molar refractivity (Wildman–Crippen MR) is 113 cm³/mol. The Morgan fingerprint density at radius 3 is 2.77 bits per heavy atom. The van der Waals surface area contributed by atoms with Gasteiger partial charge in [0, 0.05) is 11.8 Å². The number of ether oxygens (including phenoxy) is 2. The highest BCUT2D eigenvalue weighted by molar-refractivity contribution is 9.10. The van der Waals surface area contributed by atoms with Crippen LogP contribution in [0.5, 0.6) is 11.5 Å². The molecule has 3 aromatic rings. The summed E-state index contributed by atoms with van der Waals surface area (Å²) in [4.78, 5) is 13.6. The number of aromatic nitrogens is 1. The molecule has 0 saturated heterocycles. The Kier molecular flexibility index (Phi) is 5.14. The number of aryl methyl sites for hydroxylation is 1. The Labute approximate surface area is 181 Å². The molecular weight excluding hydrogens is 450 g/mol. The van der Waals surface area contributed by atoms with E-state index in [0.717, 1.165) is 5.56 Å². The molecule has 8 heteroatoms. The quantitative estimate of drug-likeness (QED) is 0.625. The standard InChI is InChI=1S/C22H18BrN3O4/c1-12-8-18-20(22(27)26(12)11-14-4-3-7-29-14)19(15(10-24)21(25)30-18)13-5-6-17(28-2)16(23)9-13/h3-9,19H,11,25H2,1-2H3/t19-/m0/s1. The van der Waals surface area contributed by atoms with E-state index in [1.165, 1.54) is 0 Å². The minimum atomic E-state index is -0.670. The van der Waals surface area contributed by atoms with Gasteiger partial charge in [0.25, 0.3) is 5.56 Å². The zero-order valence-electron chi connectivity index (χ0n) is 16.3. The Morgan fingerprint density at radius 2 is 2.13 bits per heavy atom. The average molecular weight is 468 g/mol. The molecule has 2 N–H and O–H groups in total. The predicted octanol–water partition coefficient (Wildman–Crippen LogP) is 3.79. The van der Waals surface area contributed by atoms with E-state index in [0.29, 0.717) is 33.0 Å². The van der Waals surface area contributed by atoms with Gasteiger partial charge in [-0.2, -0.15) is 5.26 Å². The highest BCUT2D eigenvalue weighted by Crippen LogP contribution is 2.42. The van der Waals surface area contributed by atoms with Crippen LogP contribution in [0.1, 0.15) is 28.5 Å². The van der Waals surface area contributed by atoms with Gasteiger partial charge in [-0.25, -0.2) is 0 Å². The second-order valence-corrected chi connectivity index (χ2v) is 7.71. The second kappa shape index (κ2) is 7.76. The van der Waals surface area contributed by atoms with E-state index in [1.54, 1.807) is 42.2 Å².